The molecule has 0 radical (unpaired) electrons. The number of benzene rings is 1. The van der Waals surface area contributed by atoms with Crippen LogP contribution in [0.1, 0.15) is 16.7 Å². The van der Waals surface area contributed by atoms with Crippen molar-refractivity contribution in [3.63, 3.8) is 0 Å². The van der Waals surface area contributed by atoms with E-state index in [0.717, 1.165) is 27.7 Å². The third-order valence-corrected chi connectivity index (χ3v) is 4.09. The van der Waals surface area contributed by atoms with Gasteiger partial charge in [0.1, 0.15) is 5.58 Å². The fraction of sp³-hybridized carbons (Fsp3) is 0.176. The quantitative estimate of drug-likeness (QED) is 0.772. The molecule has 0 aliphatic carbocycles. The number of nitrogens with one attached hydrogen (secondary N) is 1. The van der Waals surface area contributed by atoms with Gasteiger partial charge in [-0.15, -0.1) is 0 Å². The van der Waals surface area contributed by atoms with Crippen LogP contribution < -0.4 is 5.32 Å². The van der Waals surface area contributed by atoms with Crippen molar-refractivity contribution in [2.75, 3.05) is 0 Å². The monoisotopic (exact) mass is 358 g/mol. The van der Waals surface area contributed by atoms with Crippen LogP contribution >= 0.6 is 15.9 Å². The summed E-state index contributed by atoms with van der Waals surface area (Å²) in [4.78, 5) is 16.2. The number of carbonyl (C=O) groups excluding carboxylic acids is 1. The van der Waals surface area contributed by atoms with Crippen LogP contribution in [0.15, 0.2) is 51.8 Å². The Morgan fingerprint density at radius 3 is 3.00 bits per heavy atom. The van der Waals surface area contributed by atoms with Crippen molar-refractivity contribution in [2.24, 2.45) is 0 Å². The van der Waals surface area contributed by atoms with E-state index >= 15 is 0 Å². The van der Waals surface area contributed by atoms with Gasteiger partial charge in [-0.3, -0.25) is 9.78 Å². The first-order chi connectivity index (χ1) is 10.6. The van der Waals surface area contributed by atoms with Gasteiger partial charge in [-0.05, 0) is 46.1 Å². The van der Waals surface area contributed by atoms with Crippen LogP contribution in [0, 0.1) is 6.92 Å². The molecule has 0 aliphatic heterocycles. The highest BCUT2D eigenvalue weighted by Gasteiger charge is 2.15. The molecule has 1 aromatic carbocycles. The molecule has 0 atom stereocenters. The summed E-state index contributed by atoms with van der Waals surface area (Å²) in [6.45, 7) is 2.48. The maximum atomic E-state index is 12.2. The Labute approximate surface area is 136 Å². The molecule has 5 heteroatoms. The molecule has 2 heterocycles. The summed E-state index contributed by atoms with van der Waals surface area (Å²) in [5.41, 5.74) is 3.77. The van der Waals surface area contributed by atoms with Crippen molar-refractivity contribution in [1.29, 1.82) is 0 Å². The molecule has 0 fully saturated rings. The van der Waals surface area contributed by atoms with E-state index in [-0.39, 0.29) is 12.3 Å². The largest absolute Gasteiger partial charge is 0.449 e. The number of furan rings is 1. The second kappa shape index (κ2) is 6.32. The van der Waals surface area contributed by atoms with Crippen molar-refractivity contribution in [2.45, 2.75) is 19.9 Å². The number of hydrogen-bond donors (Lipinski definition) is 1. The lowest BCUT2D eigenvalue weighted by Crippen LogP contribution is -2.24. The van der Waals surface area contributed by atoms with Gasteiger partial charge in [0.05, 0.1) is 6.42 Å². The molecule has 2 aromatic heterocycles. The fourth-order valence-corrected chi connectivity index (χ4v) is 2.85. The molecule has 0 unspecified atom stereocenters. The van der Waals surface area contributed by atoms with Crippen molar-refractivity contribution in [1.82, 2.24) is 10.3 Å². The first-order valence-corrected chi connectivity index (χ1v) is 7.76. The van der Waals surface area contributed by atoms with E-state index in [4.69, 9.17) is 4.42 Å². The summed E-state index contributed by atoms with van der Waals surface area (Å²) in [5.74, 6) is -0.0483. The van der Waals surface area contributed by atoms with Gasteiger partial charge >= 0.3 is 0 Å². The van der Waals surface area contributed by atoms with Crippen LogP contribution in [-0.4, -0.2) is 10.9 Å². The van der Waals surface area contributed by atoms with E-state index in [0.29, 0.717) is 11.2 Å². The lowest BCUT2D eigenvalue weighted by Gasteiger charge is -2.04. The standard InChI is InChI=1S/C17H15BrN2O2/c1-11-4-5-13-14(17(18)22-15(13)7-11)8-16(21)20-10-12-3-2-6-19-9-12/h2-7,9H,8,10H2,1H3,(H,20,21). The summed E-state index contributed by atoms with van der Waals surface area (Å²) in [6, 6.07) is 9.75. The van der Waals surface area contributed by atoms with E-state index in [1.165, 1.54) is 0 Å². The molecule has 4 nitrogen and oxygen atoms in total. The number of aryl methyl sites for hydroxylation is 1. The van der Waals surface area contributed by atoms with Crippen LogP contribution in [0.2, 0.25) is 0 Å². The van der Waals surface area contributed by atoms with E-state index in [9.17, 15) is 4.79 Å². The Balaban J connectivity index is 1.73. The second-order valence-electron chi connectivity index (χ2n) is 5.17. The van der Waals surface area contributed by atoms with Crippen molar-refractivity contribution in [3.05, 3.63) is 64.1 Å². The fourth-order valence-electron chi connectivity index (χ4n) is 2.32. The number of pyridine rings is 1. The Morgan fingerprint density at radius 2 is 2.23 bits per heavy atom. The van der Waals surface area contributed by atoms with Gasteiger partial charge in [0, 0.05) is 29.9 Å². The Bertz CT molecular complexity index is 812. The van der Waals surface area contributed by atoms with Crippen molar-refractivity contribution >= 4 is 32.8 Å². The minimum absolute atomic E-state index is 0.0483. The highest BCUT2D eigenvalue weighted by atomic mass is 79.9. The van der Waals surface area contributed by atoms with Crippen LogP contribution in [0.25, 0.3) is 11.0 Å². The zero-order valence-electron chi connectivity index (χ0n) is 12.1. The Hall–Kier alpha value is -2.14. The number of nitrogens with zero attached hydrogens (tertiary/aromatic N) is 1. The molecule has 0 saturated carbocycles. The van der Waals surface area contributed by atoms with Crippen LogP contribution in [0.4, 0.5) is 0 Å². The van der Waals surface area contributed by atoms with Gasteiger partial charge in [-0.25, -0.2) is 0 Å². The summed E-state index contributed by atoms with van der Waals surface area (Å²) in [6.07, 6.45) is 3.73. The SMILES string of the molecule is Cc1ccc2c(CC(=O)NCc3cccnc3)c(Br)oc2c1. The average Bonchev–Trinajstić information content (AvgIpc) is 2.81. The number of fused-ring (bicyclic) bond motifs is 1. The molecule has 0 spiro atoms. The average molecular weight is 359 g/mol. The number of hydrogen-bond acceptors (Lipinski definition) is 3. The summed E-state index contributed by atoms with van der Waals surface area (Å²) < 4.78 is 6.29. The number of aromatic nitrogens is 1. The molecular weight excluding hydrogens is 344 g/mol. The molecule has 0 aliphatic rings. The number of halogens is 1. The third kappa shape index (κ3) is 3.20. The van der Waals surface area contributed by atoms with Gasteiger partial charge in [0.25, 0.3) is 0 Å². The smallest absolute Gasteiger partial charge is 0.224 e. The predicted molar refractivity (Wildman–Crippen MR) is 88.4 cm³/mol. The first-order valence-electron chi connectivity index (χ1n) is 6.96. The third-order valence-electron chi connectivity index (χ3n) is 3.45. The molecule has 1 N–H and O–H groups in total. The van der Waals surface area contributed by atoms with E-state index in [1.54, 1.807) is 12.4 Å². The highest BCUT2D eigenvalue weighted by Crippen LogP contribution is 2.31. The summed E-state index contributed by atoms with van der Waals surface area (Å²) in [5, 5.41) is 3.87. The maximum Gasteiger partial charge on any atom is 0.224 e. The normalized spacial score (nSPS) is 10.8. The summed E-state index contributed by atoms with van der Waals surface area (Å²) in [7, 11) is 0. The molecule has 3 rings (SSSR count). The van der Waals surface area contributed by atoms with Crippen LogP contribution in [-0.2, 0) is 17.8 Å². The zero-order valence-corrected chi connectivity index (χ0v) is 13.7. The van der Waals surface area contributed by atoms with E-state index < -0.39 is 0 Å². The minimum atomic E-state index is -0.0483. The zero-order chi connectivity index (χ0) is 15.5. The lowest BCUT2D eigenvalue weighted by molar-refractivity contribution is -0.120. The second-order valence-corrected chi connectivity index (χ2v) is 5.89. The predicted octanol–water partition coefficient (Wildman–Crippen LogP) is 3.76. The van der Waals surface area contributed by atoms with Gasteiger partial charge < -0.3 is 9.73 Å². The highest BCUT2D eigenvalue weighted by molar-refractivity contribution is 9.10. The number of amides is 1. The molecule has 3 aromatic rings. The first kappa shape index (κ1) is 14.8. The maximum absolute atomic E-state index is 12.2. The number of carbonyl (C=O) groups is 1. The minimum Gasteiger partial charge on any atom is -0.449 e. The van der Waals surface area contributed by atoms with Gasteiger partial charge in [-0.1, -0.05) is 18.2 Å². The Kier molecular flexibility index (Phi) is 4.24. The molecule has 0 bridgehead atoms. The Morgan fingerprint density at radius 1 is 1.36 bits per heavy atom. The van der Waals surface area contributed by atoms with Gasteiger partial charge in [-0.2, -0.15) is 0 Å². The molecule has 1 amide bonds. The van der Waals surface area contributed by atoms with Crippen LogP contribution in [0.5, 0.6) is 0 Å². The van der Waals surface area contributed by atoms with Gasteiger partial charge in [0.2, 0.25) is 5.91 Å². The molecule has 22 heavy (non-hydrogen) atoms. The van der Waals surface area contributed by atoms with E-state index in [1.807, 2.05) is 37.3 Å². The van der Waals surface area contributed by atoms with Crippen molar-refractivity contribution in [3.8, 4) is 0 Å². The van der Waals surface area contributed by atoms with Gasteiger partial charge in [0.15, 0.2) is 4.67 Å². The number of rotatable bonds is 4. The lowest BCUT2D eigenvalue weighted by atomic mass is 10.1. The molecular formula is C17H15BrN2O2. The van der Waals surface area contributed by atoms with Crippen LogP contribution in [0.3, 0.4) is 0 Å². The summed E-state index contributed by atoms with van der Waals surface area (Å²) >= 11 is 3.40. The molecule has 112 valence electrons. The van der Waals surface area contributed by atoms with E-state index in [2.05, 4.69) is 26.2 Å². The van der Waals surface area contributed by atoms with Crippen molar-refractivity contribution < 1.29 is 9.21 Å². The molecule has 0 saturated heterocycles. The topological polar surface area (TPSA) is 55.1 Å².